The highest BCUT2D eigenvalue weighted by atomic mass is 16.3. The Bertz CT molecular complexity index is 84.4. The number of allylic oxidation sites excluding steroid dienone is 1. The van der Waals surface area contributed by atoms with Crippen molar-refractivity contribution in [2.45, 2.75) is 19.4 Å². The Balaban J connectivity index is 3.23. The van der Waals surface area contributed by atoms with Crippen LogP contribution in [0.1, 0.15) is 13.3 Å². The monoisotopic (exact) mass is 112 g/mol. The third kappa shape index (κ3) is 3.62. The standard InChI is InChI=1S/C7H12O/c1-3-5-6-7(8)4-2/h3-5,7-8H,2,6H2,1H3/b5-3-/t7-/m0/s1. The van der Waals surface area contributed by atoms with E-state index in [1.807, 2.05) is 19.1 Å². The molecule has 0 aromatic heterocycles. The maximum Gasteiger partial charge on any atom is 0.0752 e. The van der Waals surface area contributed by atoms with Crippen LogP contribution in [0.4, 0.5) is 0 Å². The van der Waals surface area contributed by atoms with Gasteiger partial charge in [-0.25, -0.2) is 0 Å². The van der Waals surface area contributed by atoms with E-state index in [9.17, 15) is 0 Å². The Kier molecular flexibility index (Phi) is 4.27. The van der Waals surface area contributed by atoms with Crippen molar-refractivity contribution in [2.75, 3.05) is 0 Å². The van der Waals surface area contributed by atoms with Crippen molar-refractivity contribution in [1.82, 2.24) is 0 Å². The zero-order chi connectivity index (χ0) is 6.41. The van der Waals surface area contributed by atoms with E-state index in [0.29, 0.717) is 6.42 Å². The highest BCUT2D eigenvalue weighted by Gasteiger charge is 1.89. The Hall–Kier alpha value is -0.560. The summed E-state index contributed by atoms with van der Waals surface area (Å²) in [6.45, 7) is 5.36. The fourth-order valence-corrected chi connectivity index (χ4v) is 0.372. The molecule has 0 saturated carbocycles. The lowest BCUT2D eigenvalue weighted by atomic mass is 10.2. The summed E-state index contributed by atoms with van der Waals surface area (Å²) >= 11 is 0. The van der Waals surface area contributed by atoms with Gasteiger partial charge < -0.3 is 5.11 Å². The highest BCUT2D eigenvalue weighted by Crippen LogP contribution is 1.91. The van der Waals surface area contributed by atoms with Gasteiger partial charge in [0.05, 0.1) is 6.10 Å². The van der Waals surface area contributed by atoms with Crippen LogP contribution in [0.25, 0.3) is 0 Å². The molecule has 0 radical (unpaired) electrons. The first-order chi connectivity index (χ1) is 3.81. The first-order valence-corrected chi connectivity index (χ1v) is 2.73. The van der Waals surface area contributed by atoms with E-state index >= 15 is 0 Å². The molecule has 0 heterocycles. The van der Waals surface area contributed by atoms with Gasteiger partial charge in [-0.2, -0.15) is 0 Å². The molecule has 0 rings (SSSR count). The van der Waals surface area contributed by atoms with Gasteiger partial charge in [-0.05, 0) is 13.3 Å². The number of hydrogen-bond donors (Lipinski definition) is 1. The lowest BCUT2D eigenvalue weighted by molar-refractivity contribution is 0.227. The summed E-state index contributed by atoms with van der Waals surface area (Å²) in [4.78, 5) is 0. The van der Waals surface area contributed by atoms with E-state index in [0.717, 1.165) is 0 Å². The molecule has 0 unspecified atom stereocenters. The molecule has 1 N–H and O–H groups in total. The molecule has 1 nitrogen and oxygen atoms in total. The van der Waals surface area contributed by atoms with E-state index in [1.54, 1.807) is 0 Å². The zero-order valence-electron chi connectivity index (χ0n) is 5.17. The third-order valence-corrected chi connectivity index (χ3v) is 0.885. The molecule has 0 saturated heterocycles. The summed E-state index contributed by atoms with van der Waals surface area (Å²) in [5, 5.41) is 8.82. The molecule has 8 heavy (non-hydrogen) atoms. The van der Waals surface area contributed by atoms with E-state index < -0.39 is 0 Å². The fraction of sp³-hybridized carbons (Fsp3) is 0.429. The maximum absolute atomic E-state index is 8.82. The minimum absolute atomic E-state index is 0.369. The minimum Gasteiger partial charge on any atom is -0.389 e. The molecule has 1 atom stereocenters. The zero-order valence-corrected chi connectivity index (χ0v) is 5.17. The van der Waals surface area contributed by atoms with Crippen molar-refractivity contribution in [1.29, 1.82) is 0 Å². The average Bonchev–Trinajstić information content (AvgIpc) is 1.83. The van der Waals surface area contributed by atoms with Crippen LogP contribution in [0.3, 0.4) is 0 Å². The van der Waals surface area contributed by atoms with Gasteiger partial charge in [-0.1, -0.05) is 18.2 Å². The van der Waals surface area contributed by atoms with Crippen LogP contribution in [0.2, 0.25) is 0 Å². The third-order valence-electron chi connectivity index (χ3n) is 0.885. The predicted octanol–water partition coefficient (Wildman–Crippen LogP) is 1.50. The van der Waals surface area contributed by atoms with Crippen molar-refractivity contribution in [2.24, 2.45) is 0 Å². The Labute approximate surface area is 50.3 Å². The van der Waals surface area contributed by atoms with Gasteiger partial charge in [-0.3, -0.25) is 0 Å². The normalized spacial score (nSPS) is 14.2. The van der Waals surface area contributed by atoms with E-state index in [2.05, 4.69) is 6.58 Å². The molecule has 0 aromatic carbocycles. The highest BCUT2D eigenvalue weighted by molar-refractivity contribution is 4.87. The van der Waals surface area contributed by atoms with Crippen LogP contribution in [-0.2, 0) is 0 Å². The summed E-state index contributed by atoms with van der Waals surface area (Å²) in [6, 6.07) is 0. The van der Waals surface area contributed by atoms with E-state index in [4.69, 9.17) is 5.11 Å². The summed E-state index contributed by atoms with van der Waals surface area (Å²) < 4.78 is 0. The first kappa shape index (κ1) is 7.44. The van der Waals surface area contributed by atoms with Crippen molar-refractivity contribution in [3.05, 3.63) is 24.8 Å². The number of hydrogen-bond acceptors (Lipinski definition) is 1. The lowest BCUT2D eigenvalue weighted by Crippen LogP contribution is -1.97. The number of aliphatic hydroxyl groups excluding tert-OH is 1. The molecule has 0 aromatic rings. The van der Waals surface area contributed by atoms with Crippen molar-refractivity contribution in [3.63, 3.8) is 0 Å². The molecule has 0 aliphatic rings. The average molecular weight is 112 g/mol. The van der Waals surface area contributed by atoms with Crippen LogP contribution in [0.5, 0.6) is 0 Å². The maximum atomic E-state index is 8.82. The van der Waals surface area contributed by atoms with Crippen molar-refractivity contribution < 1.29 is 5.11 Å². The Morgan fingerprint density at radius 1 is 1.75 bits per heavy atom. The molecule has 0 aliphatic heterocycles. The SMILES string of the molecule is C=C[C@H](O)C/C=C\C. The number of aliphatic hydroxyl groups is 1. The topological polar surface area (TPSA) is 20.2 Å². The summed E-state index contributed by atoms with van der Waals surface area (Å²) in [5.41, 5.74) is 0. The van der Waals surface area contributed by atoms with Crippen molar-refractivity contribution in [3.8, 4) is 0 Å². The van der Waals surface area contributed by atoms with Gasteiger partial charge in [0.2, 0.25) is 0 Å². The smallest absolute Gasteiger partial charge is 0.0752 e. The van der Waals surface area contributed by atoms with Crippen molar-refractivity contribution >= 4 is 0 Å². The van der Waals surface area contributed by atoms with Crippen LogP contribution in [0, 0.1) is 0 Å². The molecule has 1 heteroatoms. The number of rotatable bonds is 3. The van der Waals surface area contributed by atoms with Gasteiger partial charge in [0, 0.05) is 0 Å². The summed E-state index contributed by atoms with van der Waals surface area (Å²) in [5.74, 6) is 0. The molecule has 0 spiro atoms. The fourth-order valence-electron chi connectivity index (χ4n) is 0.372. The van der Waals surface area contributed by atoms with Gasteiger partial charge in [0.25, 0.3) is 0 Å². The predicted molar refractivity (Wildman–Crippen MR) is 35.6 cm³/mol. The first-order valence-electron chi connectivity index (χ1n) is 2.73. The second-order valence-corrected chi connectivity index (χ2v) is 1.61. The molecule has 0 amide bonds. The molecule has 0 aliphatic carbocycles. The van der Waals surface area contributed by atoms with Gasteiger partial charge in [-0.15, -0.1) is 6.58 Å². The van der Waals surface area contributed by atoms with Crippen LogP contribution < -0.4 is 0 Å². The van der Waals surface area contributed by atoms with E-state index in [-0.39, 0.29) is 6.10 Å². The van der Waals surface area contributed by atoms with E-state index in [1.165, 1.54) is 6.08 Å². The van der Waals surface area contributed by atoms with Crippen LogP contribution >= 0.6 is 0 Å². The van der Waals surface area contributed by atoms with Gasteiger partial charge in [0.15, 0.2) is 0 Å². The molecule has 0 bridgehead atoms. The minimum atomic E-state index is -0.369. The largest absolute Gasteiger partial charge is 0.389 e. The summed E-state index contributed by atoms with van der Waals surface area (Å²) in [6.07, 6.45) is 5.66. The molecule has 0 fully saturated rings. The second kappa shape index (κ2) is 4.60. The molecular weight excluding hydrogens is 100 g/mol. The molecule has 46 valence electrons. The van der Waals surface area contributed by atoms with Crippen LogP contribution in [0.15, 0.2) is 24.8 Å². The molecular formula is C7H12O. The lowest BCUT2D eigenvalue weighted by Gasteiger charge is -1.96. The van der Waals surface area contributed by atoms with Gasteiger partial charge in [0.1, 0.15) is 0 Å². The van der Waals surface area contributed by atoms with Gasteiger partial charge >= 0.3 is 0 Å². The Morgan fingerprint density at radius 2 is 2.38 bits per heavy atom. The second-order valence-electron chi connectivity index (χ2n) is 1.61. The summed E-state index contributed by atoms with van der Waals surface area (Å²) in [7, 11) is 0. The Morgan fingerprint density at radius 3 is 2.75 bits per heavy atom. The quantitative estimate of drug-likeness (QED) is 0.548. The van der Waals surface area contributed by atoms with Crippen LogP contribution in [-0.4, -0.2) is 11.2 Å².